The number of benzene rings is 2. The molecule has 0 unspecified atom stereocenters. The maximum Gasteiger partial charge on any atom is 0.339 e. The largest absolute Gasteiger partial charge is 0.465 e. The number of hydrogen-bond acceptors (Lipinski definition) is 5. The summed E-state index contributed by atoms with van der Waals surface area (Å²) in [5.41, 5.74) is 1.63. The Morgan fingerprint density at radius 1 is 1.15 bits per heavy atom. The Morgan fingerprint density at radius 2 is 1.85 bits per heavy atom. The van der Waals surface area contributed by atoms with Crippen molar-refractivity contribution in [1.29, 1.82) is 0 Å². The predicted molar refractivity (Wildman–Crippen MR) is 107 cm³/mol. The number of thiophene rings is 1. The van der Waals surface area contributed by atoms with Crippen LogP contribution in [-0.2, 0) is 11.8 Å². The number of aryl methyl sites for hydroxylation is 2. The number of nitrogens with one attached hydrogen (secondary N) is 1. The highest BCUT2D eigenvalue weighted by molar-refractivity contribution is 7.20. The van der Waals surface area contributed by atoms with Crippen LogP contribution >= 0.6 is 11.3 Å². The smallest absolute Gasteiger partial charge is 0.339 e. The first-order chi connectivity index (χ1) is 13.0. The van der Waals surface area contributed by atoms with Gasteiger partial charge in [-0.1, -0.05) is 24.3 Å². The molecule has 2 aromatic carbocycles. The molecule has 0 atom stereocenters. The Labute approximate surface area is 159 Å². The SMILES string of the molecule is COC(=O)c1cc2ccccc2cc1NC(=O)c1cc2c(C)nn(C)c2s1. The third-order valence-electron chi connectivity index (χ3n) is 4.46. The van der Waals surface area contributed by atoms with E-state index in [-0.39, 0.29) is 5.91 Å². The van der Waals surface area contributed by atoms with Gasteiger partial charge in [0.25, 0.3) is 5.91 Å². The highest BCUT2D eigenvalue weighted by Gasteiger charge is 2.19. The second-order valence-corrected chi connectivity index (χ2v) is 7.26. The van der Waals surface area contributed by atoms with Gasteiger partial charge in [0.15, 0.2) is 0 Å². The van der Waals surface area contributed by atoms with E-state index < -0.39 is 5.97 Å². The van der Waals surface area contributed by atoms with E-state index in [0.717, 1.165) is 26.7 Å². The highest BCUT2D eigenvalue weighted by atomic mass is 32.1. The first kappa shape index (κ1) is 17.2. The lowest BCUT2D eigenvalue weighted by Gasteiger charge is -2.11. The minimum absolute atomic E-state index is 0.268. The Kier molecular flexibility index (Phi) is 4.16. The summed E-state index contributed by atoms with van der Waals surface area (Å²) >= 11 is 1.37. The van der Waals surface area contributed by atoms with Gasteiger partial charge in [-0.2, -0.15) is 5.10 Å². The van der Waals surface area contributed by atoms with Crippen LogP contribution in [0.25, 0.3) is 21.0 Å². The fourth-order valence-corrected chi connectivity index (χ4v) is 4.14. The summed E-state index contributed by atoms with van der Waals surface area (Å²) in [6, 6.07) is 13.0. The number of nitrogens with zero attached hydrogens (tertiary/aromatic N) is 2. The molecule has 4 aromatic rings. The number of aromatic nitrogens is 2. The number of fused-ring (bicyclic) bond motifs is 2. The van der Waals surface area contributed by atoms with Crippen LogP contribution in [0.1, 0.15) is 25.7 Å². The van der Waals surface area contributed by atoms with Crippen molar-refractivity contribution in [2.45, 2.75) is 6.92 Å². The van der Waals surface area contributed by atoms with Crippen LogP contribution in [-0.4, -0.2) is 28.8 Å². The number of ether oxygens (including phenoxy) is 1. The highest BCUT2D eigenvalue weighted by Crippen LogP contribution is 2.30. The summed E-state index contributed by atoms with van der Waals surface area (Å²) in [4.78, 5) is 26.5. The number of anilines is 1. The van der Waals surface area contributed by atoms with Crippen LogP contribution in [0.4, 0.5) is 5.69 Å². The molecule has 0 aliphatic rings. The summed E-state index contributed by atoms with van der Waals surface area (Å²) in [6.07, 6.45) is 0. The molecule has 4 rings (SSSR count). The summed E-state index contributed by atoms with van der Waals surface area (Å²) in [6.45, 7) is 1.91. The number of hydrogen-bond donors (Lipinski definition) is 1. The predicted octanol–water partition coefficient (Wildman–Crippen LogP) is 4.14. The van der Waals surface area contributed by atoms with Crippen molar-refractivity contribution in [3.8, 4) is 0 Å². The van der Waals surface area contributed by atoms with Gasteiger partial charge in [0, 0.05) is 12.4 Å². The van der Waals surface area contributed by atoms with Gasteiger partial charge >= 0.3 is 5.97 Å². The zero-order valence-electron chi connectivity index (χ0n) is 15.1. The molecule has 136 valence electrons. The van der Waals surface area contributed by atoms with Gasteiger partial charge in [0.2, 0.25) is 0 Å². The minimum atomic E-state index is -0.493. The van der Waals surface area contributed by atoms with E-state index >= 15 is 0 Å². The molecule has 1 N–H and O–H groups in total. The van der Waals surface area contributed by atoms with E-state index in [9.17, 15) is 9.59 Å². The third kappa shape index (κ3) is 2.96. The molecule has 0 aliphatic heterocycles. The van der Waals surface area contributed by atoms with Crippen molar-refractivity contribution in [3.05, 3.63) is 58.6 Å². The van der Waals surface area contributed by atoms with Crippen molar-refractivity contribution in [2.24, 2.45) is 7.05 Å². The fourth-order valence-electron chi connectivity index (χ4n) is 3.12. The van der Waals surface area contributed by atoms with Gasteiger partial charge in [-0.15, -0.1) is 11.3 Å². The quantitative estimate of drug-likeness (QED) is 0.543. The van der Waals surface area contributed by atoms with E-state index in [1.165, 1.54) is 18.4 Å². The van der Waals surface area contributed by atoms with E-state index in [1.54, 1.807) is 16.8 Å². The van der Waals surface area contributed by atoms with Crippen LogP contribution in [0.3, 0.4) is 0 Å². The van der Waals surface area contributed by atoms with Gasteiger partial charge in [-0.3, -0.25) is 9.48 Å². The van der Waals surface area contributed by atoms with Crippen molar-refractivity contribution in [1.82, 2.24) is 9.78 Å². The van der Waals surface area contributed by atoms with Crippen molar-refractivity contribution in [3.63, 3.8) is 0 Å². The second-order valence-electron chi connectivity index (χ2n) is 6.23. The molecule has 0 radical (unpaired) electrons. The Balaban J connectivity index is 1.75. The van der Waals surface area contributed by atoms with Crippen LogP contribution in [0, 0.1) is 6.92 Å². The number of carbonyl (C=O) groups excluding carboxylic acids is 2. The average Bonchev–Trinajstić information content (AvgIpc) is 3.22. The van der Waals surface area contributed by atoms with Crippen molar-refractivity contribution < 1.29 is 14.3 Å². The number of esters is 1. The summed E-state index contributed by atoms with van der Waals surface area (Å²) in [5.74, 6) is -0.761. The first-order valence-electron chi connectivity index (χ1n) is 8.33. The molecule has 0 aliphatic carbocycles. The first-order valence-corrected chi connectivity index (χ1v) is 9.15. The van der Waals surface area contributed by atoms with Gasteiger partial charge in [-0.25, -0.2) is 4.79 Å². The van der Waals surface area contributed by atoms with Gasteiger partial charge < -0.3 is 10.1 Å². The summed E-state index contributed by atoms with van der Waals surface area (Å²) in [5, 5.41) is 10.0. The molecule has 7 heteroatoms. The molecule has 2 aromatic heterocycles. The summed E-state index contributed by atoms with van der Waals surface area (Å²) in [7, 11) is 3.18. The Bertz CT molecular complexity index is 1170. The molecule has 0 saturated heterocycles. The van der Waals surface area contributed by atoms with E-state index in [4.69, 9.17) is 4.74 Å². The van der Waals surface area contributed by atoms with Gasteiger partial charge in [0.1, 0.15) is 4.83 Å². The second kappa shape index (κ2) is 6.51. The van der Waals surface area contributed by atoms with E-state index in [0.29, 0.717) is 16.1 Å². The molecule has 0 bridgehead atoms. The summed E-state index contributed by atoms with van der Waals surface area (Å²) < 4.78 is 6.65. The molecule has 0 spiro atoms. The normalized spacial score (nSPS) is 11.1. The maximum atomic E-state index is 12.8. The lowest BCUT2D eigenvalue weighted by Crippen LogP contribution is -2.14. The molecular formula is C20H17N3O3S. The lowest BCUT2D eigenvalue weighted by molar-refractivity contribution is 0.0602. The molecule has 27 heavy (non-hydrogen) atoms. The molecule has 0 fully saturated rings. The minimum Gasteiger partial charge on any atom is -0.465 e. The number of amides is 1. The fraction of sp³-hybridized carbons (Fsp3) is 0.150. The topological polar surface area (TPSA) is 73.2 Å². The van der Waals surface area contributed by atoms with E-state index in [2.05, 4.69) is 10.4 Å². The lowest BCUT2D eigenvalue weighted by atomic mass is 10.0. The monoisotopic (exact) mass is 379 g/mol. The molecule has 2 heterocycles. The van der Waals surface area contributed by atoms with Gasteiger partial charge in [0.05, 0.1) is 28.9 Å². The number of rotatable bonds is 3. The van der Waals surface area contributed by atoms with E-state index in [1.807, 2.05) is 44.3 Å². The maximum absolute atomic E-state index is 12.8. The molecule has 6 nitrogen and oxygen atoms in total. The zero-order valence-corrected chi connectivity index (χ0v) is 15.9. The standard InChI is InChI=1S/C20H17N3O3S/c1-11-14-10-17(27-19(14)23(2)22-11)18(24)21-16-9-13-7-5-4-6-12(13)8-15(16)20(25)26-3/h4-10H,1-3H3,(H,21,24). The van der Waals surface area contributed by atoms with Crippen LogP contribution in [0.5, 0.6) is 0 Å². The number of methoxy groups -OCH3 is 1. The van der Waals surface area contributed by atoms with Gasteiger partial charge in [-0.05, 0) is 35.9 Å². The molecular weight excluding hydrogens is 362 g/mol. The van der Waals surface area contributed by atoms with Crippen molar-refractivity contribution >= 4 is 49.9 Å². The molecule has 1 amide bonds. The van der Waals surface area contributed by atoms with Crippen LogP contribution in [0.2, 0.25) is 0 Å². The third-order valence-corrected chi connectivity index (χ3v) is 5.66. The van der Waals surface area contributed by atoms with Crippen LogP contribution in [0.15, 0.2) is 42.5 Å². The van der Waals surface area contributed by atoms with Crippen LogP contribution < -0.4 is 5.32 Å². The average molecular weight is 379 g/mol. The van der Waals surface area contributed by atoms with Crippen molar-refractivity contribution in [2.75, 3.05) is 12.4 Å². The Morgan fingerprint density at radius 3 is 2.52 bits per heavy atom. The number of carbonyl (C=O) groups is 2. The molecule has 0 saturated carbocycles. The zero-order chi connectivity index (χ0) is 19.1. The Hall–Kier alpha value is -3.19.